The lowest BCUT2D eigenvalue weighted by atomic mass is 9.91. The summed E-state index contributed by atoms with van der Waals surface area (Å²) in [6, 6.07) is 14.6. The van der Waals surface area contributed by atoms with Gasteiger partial charge in [0, 0.05) is 49.2 Å². The lowest BCUT2D eigenvalue weighted by molar-refractivity contribution is 0.545. The van der Waals surface area contributed by atoms with Gasteiger partial charge in [-0.05, 0) is 36.0 Å². The Labute approximate surface area is 207 Å². The van der Waals surface area contributed by atoms with Gasteiger partial charge in [-0.3, -0.25) is 9.78 Å². The van der Waals surface area contributed by atoms with Gasteiger partial charge in [0.15, 0.2) is 5.65 Å². The maximum absolute atomic E-state index is 6.74. The van der Waals surface area contributed by atoms with Crippen LogP contribution in [0.5, 0.6) is 0 Å². The predicted octanol–water partition coefficient (Wildman–Crippen LogP) is 3.91. The van der Waals surface area contributed by atoms with Crippen molar-refractivity contribution in [2.75, 3.05) is 24.5 Å². The Kier molecular flexibility index (Phi) is 4.47. The number of hydrogen-bond acceptors (Lipinski definition) is 6. The summed E-state index contributed by atoms with van der Waals surface area (Å²) >= 11 is 6.74. The Morgan fingerprint density at radius 3 is 2.86 bits per heavy atom. The molecule has 1 saturated heterocycles. The number of anilines is 1. The second kappa shape index (κ2) is 7.50. The summed E-state index contributed by atoms with van der Waals surface area (Å²) in [5.74, 6) is 2.03. The van der Waals surface area contributed by atoms with Crippen molar-refractivity contribution in [3.05, 3.63) is 65.4 Å². The highest BCUT2D eigenvalue weighted by Gasteiger charge is 2.65. The predicted molar refractivity (Wildman–Crippen MR) is 137 cm³/mol. The van der Waals surface area contributed by atoms with Crippen LogP contribution in [0.1, 0.15) is 12.0 Å². The Morgan fingerprint density at radius 1 is 1.17 bits per heavy atom. The lowest BCUT2D eigenvalue weighted by Gasteiger charge is -2.26. The third-order valence-corrected chi connectivity index (χ3v) is 8.46. The first kappa shape index (κ1) is 20.8. The van der Waals surface area contributed by atoms with Crippen molar-refractivity contribution in [3.63, 3.8) is 0 Å². The first-order valence-electron chi connectivity index (χ1n) is 11.9. The fourth-order valence-corrected chi connectivity index (χ4v) is 6.57. The lowest BCUT2D eigenvalue weighted by Crippen LogP contribution is -2.32. The minimum Gasteiger partial charge on any atom is -0.355 e. The number of hydrogen-bond donors (Lipinski definition) is 2. The Balaban J connectivity index is 1.20. The van der Waals surface area contributed by atoms with Crippen LogP contribution in [0.3, 0.4) is 0 Å². The number of piperidine rings is 1. The molecule has 0 radical (unpaired) electrons. The highest BCUT2D eigenvalue weighted by atomic mass is 35.5. The number of aromatic nitrogens is 6. The van der Waals surface area contributed by atoms with Gasteiger partial charge in [-0.25, -0.2) is 9.97 Å². The fourth-order valence-electron chi connectivity index (χ4n) is 6.28. The van der Waals surface area contributed by atoms with Gasteiger partial charge in [0.2, 0.25) is 0 Å². The molecule has 2 aliphatic rings. The van der Waals surface area contributed by atoms with Crippen LogP contribution in [-0.4, -0.2) is 49.6 Å². The fraction of sp³-hybridized carbons (Fsp3) is 0.308. The maximum Gasteiger partial charge on any atom is 0.177 e. The summed E-state index contributed by atoms with van der Waals surface area (Å²) in [5, 5.41) is 13.5. The van der Waals surface area contributed by atoms with Gasteiger partial charge < -0.3 is 10.6 Å². The second-order valence-corrected chi connectivity index (χ2v) is 10.1. The molecule has 8 nitrogen and oxygen atoms in total. The van der Waals surface area contributed by atoms with Crippen molar-refractivity contribution in [3.8, 4) is 11.3 Å². The molecule has 7 rings (SSSR count). The van der Waals surface area contributed by atoms with E-state index in [9.17, 15) is 0 Å². The largest absolute Gasteiger partial charge is 0.355 e. The van der Waals surface area contributed by atoms with Crippen molar-refractivity contribution >= 4 is 39.5 Å². The van der Waals surface area contributed by atoms with E-state index in [-0.39, 0.29) is 5.41 Å². The number of benzene rings is 2. The van der Waals surface area contributed by atoms with Gasteiger partial charge in [-0.15, -0.1) is 0 Å². The molecule has 3 aromatic heterocycles. The summed E-state index contributed by atoms with van der Waals surface area (Å²) in [5.41, 5.74) is 11.5. The summed E-state index contributed by atoms with van der Waals surface area (Å²) in [7, 11) is 1.88. The topological polar surface area (TPSA) is 102 Å². The smallest absolute Gasteiger partial charge is 0.177 e. The number of aryl methyl sites for hydroxylation is 1. The molecule has 35 heavy (non-hydrogen) atoms. The van der Waals surface area contributed by atoms with E-state index in [2.05, 4.69) is 50.5 Å². The first-order chi connectivity index (χ1) is 17.1. The van der Waals surface area contributed by atoms with Gasteiger partial charge in [0.05, 0.1) is 16.7 Å². The molecule has 0 spiro atoms. The number of aromatic amines is 1. The van der Waals surface area contributed by atoms with Crippen LogP contribution < -0.4 is 10.6 Å². The van der Waals surface area contributed by atoms with Gasteiger partial charge in [0.25, 0.3) is 0 Å². The molecule has 3 N–H and O–H groups in total. The molecular weight excluding hydrogens is 460 g/mol. The number of halogens is 1. The average molecular weight is 485 g/mol. The zero-order chi connectivity index (χ0) is 23.7. The van der Waals surface area contributed by atoms with Crippen molar-refractivity contribution in [1.82, 2.24) is 29.9 Å². The molecule has 9 heteroatoms. The van der Waals surface area contributed by atoms with E-state index >= 15 is 0 Å². The molecule has 4 heterocycles. The van der Waals surface area contributed by atoms with Crippen LogP contribution in [-0.2, 0) is 12.5 Å². The van der Waals surface area contributed by atoms with Crippen molar-refractivity contribution in [2.24, 2.45) is 24.6 Å². The van der Waals surface area contributed by atoms with Crippen LogP contribution in [0.25, 0.3) is 33.3 Å². The minimum atomic E-state index is 0.0797. The molecule has 1 aliphatic heterocycles. The summed E-state index contributed by atoms with van der Waals surface area (Å²) in [6.45, 7) is 2.55. The monoisotopic (exact) mass is 484 g/mol. The third kappa shape index (κ3) is 2.96. The highest BCUT2D eigenvalue weighted by molar-refractivity contribution is 6.38. The van der Waals surface area contributed by atoms with Crippen molar-refractivity contribution < 1.29 is 0 Å². The maximum atomic E-state index is 6.74. The standard InChI is InChI=1S/C26H25ClN8/c1-34-12-17-20(33-34)8-7-16(22(17)27)23-24-25(32-31-23)30-21(11-29-24)35-10-9-18-19(13-35)26(18,14-28)15-5-3-2-4-6-15/h2-8,11-12,18-19H,9-10,13-14,28H2,1H3,(H,30,31,32). The van der Waals surface area contributed by atoms with E-state index in [4.69, 9.17) is 27.3 Å². The minimum absolute atomic E-state index is 0.0797. The van der Waals surface area contributed by atoms with Crippen LogP contribution in [0.2, 0.25) is 5.02 Å². The third-order valence-electron chi connectivity index (χ3n) is 8.05. The molecule has 5 aromatic rings. The number of nitrogens with zero attached hydrogens (tertiary/aromatic N) is 6. The number of nitrogens with two attached hydrogens (primary N) is 1. The zero-order valence-electron chi connectivity index (χ0n) is 19.3. The normalized spacial score (nSPS) is 23.7. The molecule has 0 bridgehead atoms. The van der Waals surface area contributed by atoms with Crippen LogP contribution in [0, 0.1) is 11.8 Å². The molecule has 3 atom stereocenters. The van der Waals surface area contributed by atoms with Crippen LogP contribution in [0.15, 0.2) is 54.9 Å². The molecule has 2 aromatic carbocycles. The van der Waals surface area contributed by atoms with E-state index in [0.717, 1.165) is 41.8 Å². The summed E-state index contributed by atoms with van der Waals surface area (Å²) in [4.78, 5) is 12.0. The second-order valence-electron chi connectivity index (χ2n) is 9.72. The number of fused-ring (bicyclic) bond motifs is 3. The van der Waals surface area contributed by atoms with E-state index in [1.807, 2.05) is 31.6 Å². The summed E-state index contributed by atoms with van der Waals surface area (Å²) in [6.07, 6.45) is 4.87. The van der Waals surface area contributed by atoms with Crippen molar-refractivity contribution in [1.29, 1.82) is 0 Å². The van der Waals surface area contributed by atoms with Gasteiger partial charge >= 0.3 is 0 Å². The number of H-pyrrole nitrogens is 1. The van der Waals surface area contributed by atoms with E-state index < -0.39 is 0 Å². The Bertz CT molecular complexity index is 1570. The highest BCUT2D eigenvalue weighted by Crippen LogP contribution is 2.63. The zero-order valence-corrected chi connectivity index (χ0v) is 20.1. The molecule has 1 aliphatic carbocycles. The molecular formula is C26H25ClN8. The van der Waals surface area contributed by atoms with E-state index in [1.54, 1.807) is 4.68 Å². The summed E-state index contributed by atoms with van der Waals surface area (Å²) < 4.78 is 1.76. The average Bonchev–Trinajstić information content (AvgIpc) is 3.12. The molecule has 0 amide bonds. The SMILES string of the molecule is Cn1cc2c(Cl)c(-c3n[nH]c4nc(N5CCC6C(C5)C6(CN)c5ccccc5)cnc34)ccc2n1. The molecule has 176 valence electrons. The van der Waals surface area contributed by atoms with E-state index in [0.29, 0.717) is 40.3 Å². The molecule has 2 fully saturated rings. The van der Waals surface area contributed by atoms with E-state index in [1.165, 1.54) is 5.56 Å². The van der Waals surface area contributed by atoms with Gasteiger partial charge in [-0.1, -0.05) is 41.9 Å². The number of rotatable bonds is 4. The van der Waals surface area contributed by atoms with Crippen molar-refractivity contribution in [2.45, 2.75) is 11.8 Å². The Morgan fingerprint density at radius 2 is 2.03 bits per heavy atom. The molecule has 3 unspecified atom stereocenters. The quantitative estimate of drug-likeness (QED) is 0.401. The van der Waals surface area contributed by atoms with Crippen LogP contribution in [0.4, 0.5) is 5.82 Å². The van der Waals surface area contributed by atoms with Gasteiger partial charge in [0.1, 0.15) is 17.0 Å². The van der Waals surface area contributed by atoms with Crippen LogP contribution >= 0.6 is 11.6 Å². The Hall–Kier alpha value is -3.49. The molecule has 1 saturated carbocycles. The first-order valence-corrected chi connectivity index (χ1v) is 12.3. The number of nitrogens with one attached hydrogen (secondary N) is 1. The van der Waals surface area contributed by atoms with Gasteiger partial charge in [-0.2, -0.15) is 10.2 Å².